The van der Waals surface area contributed by atoms with Crippen molar-refractivity contribution in [1.29, 1.82) is 0 Å². The van der Waals surface area contributed by atoms with Crippen molar-refractivity contribution in [2.24, 2.45) is 4.99 Å². The normalized spacial score (nSPS) is 12.1. The monoisotopic (exact) mass is 477 g/mol. The number of halogens is 3. The third-order valence-corrected chi connectivity index (χ3v) is 3.72. The molecule has 0 amide bonds. The van der Waals surface area contributed by atoms with Crippen molar-refractivity contribution >= 4 is 29.9 Å². The third kappa shape index (κ3) is 5.72. The maximum absolute atomic E-state index is 13.8. The number of aliphatic imine (C=N–C) groups is 1. The molecule has 0 aliphatic carbocycles. The van der Waals surface area contributed by atoms with E-state index in [1.165, 1.54) is 25.3 Å². The number of ether oxygens (including phenoxy) is 1. The number of nitrogens with one attached hydrogen (secondary N) is 2. The number of benzene rings is 2. The van der Waals surface area contributed by atoms with Gasteiger partial charge in [-0.1, -0.05) is 12.1 Å². The van der Waals surface area contributed by atoms with Crippen LogP contribution in [0.1, 0.15) is 24.1 Å². The van der Waals surface area contributed by atoms with E-state index >= 15 is 0 Å². The summed E-state index contributed by atoms with van der Waals surface area (Å²) >= 11 is 0. The summed E-state index contributed by atoms with van der Waals surface area (Å²) in [5.74, 6) is -0.827. The van der Waals surface area contributed by atoms with Gasteiger partial charge < -0.3 is 20.5 Å². The number of hydrogen-bond acceptors (Lipinski definition) is 3. The van der Waals surface area contributed by atoms with E-state index in [4.69, 9.17) is 4.74 Å². The molecule has 1 unspecified atom stereocenters. The minimum Gasteiger partial charge on any atom is -0.505 e. The van der Waals surface area contributed by atoms with Gasteiger partial charge in [-0.3, -0.25) is 4.99 Å². The Balaban J connectivity index is 0.00000338. The van der Waals surface area contributed by atoms with Crippen molar-refractivity contribution < 1.29 is 18.6 Å². The lowest BCUT2D eigenvalue weighted by Gasteiger charge is -2.19. The summed E-state index contributed by atoms with van der Waals surface area (Å²) in [6.45, 7) is 2.19. The number of hydrogen-bond donors (Lipinski definition) is 3. The fourth-order valence-electron chi connectivity index (χ4n) is 2.28. The van der Waals surface area contributed by atoms with Gasteiger partial charge in [-0.05, 0) is 42.3 Å². The minimum absolute atomic E-state index is 0. The van der Waals surface area contributed by atoms with Crippen molar-refractivity contribution in [3.8, 4) is 11.5 Å². The molecule has 0 saturated heterocycles. The maximum atomic E-state index is 13.8. The number of phenolic OH excluding ortho intramolecular Hbond substituents is 1. The molecule has 0 saturated carbocycles. The predicted octanol–water partition coefficient (Wildman–Crippen LogP) is 3.72. The molecule has 0 spiro atoms. The van der Waals surface area contributed by atoms with Gasteiger partial charge in [-0.15, -0.1) is 24.0 Å². The summed E-state index contributed by atoms with van der Waals surface area (Å²) in [7, 11) is 3.02. The lowest BCUT2D eigenvalue weighted by Crippen LogP contribution is -2.38. The molecule has 1 atom stereocenters. The zero-order valence-electron chi connectivity index (χ0n) is 14.7. The molecule has 8 heteroatoms. The molecule has 0 aromatic heterocycles. The van der Waals surface area contributed by atoms with Crippen LogP contribution in [0.2, 0.25) is 0 Å². The molecule has 0 heterocycles. The smallest absolute Gasteiger partial charge is 0.191 e. The van der Waals surface area contributed by atoms with Crippen molar-refractivity contribution in [2.45, 2.75) is 19.5 Å². The van der Waals surface area contributed by atoms with E-state index in [2.05, 4.69) is 15.6 Å². The number of aromatic hydroxyl groups is 1. The fraction of sp³-hybridized carbons (Fsp3) is 0.278. The van der Waals surface area contributed by atoms with Gasteiger partial charge in [0.1, 0.15) is 0 Å². The average Bonchev–Trinajstić information content (AvgIpc) is 2.61. The van der Waals surface area contributed by atoms with Crippen molar-refractivity contribution in [2.75, 3.05) is 14.2 Å². The first kappa shape index (κ1) is 21.9. The van der Waals surface area contributed by atoms with E-state index in [-0.39, 0.29) is 41.5 Å². The average molecular weight is 477 g/mol. The minimum atomic E-state index is -0.677. The van der Waals surface area contributed by atoms with Gasteiger partial charge in [0.15, 0.2) is 29.1 Å². The first-order valence-electron chi connectivity index (χ1n) is 7.72. The molecule has 0 aliphatic heterocycles. The second kappa shape index (κ2) is 10.1. The quantitative estimate of drug-likeness (QED) is 0.349. The van der Waals surface area contributed by atoms with E-state index in [0.717, 1.165) is 5.56 Å². The second-order valence-electron chi connectivity index (χ2n) is 5.47. The number of methoxy groups -OCH3 is 1. The highest BCUT2D eigenvalue weighted by atomic mass is 127. The molecule has 26 heavy (non-hydrogen) atoms. The van der Waals surface area contributed by atoms with E-state index < -0.39 is 11.6 Å². The van der Waals surface area contributed by atoms with Crippen LogP contribution in [0.4, 0.5) is 8.78 Å². The van der Waals surface area contributed by atoms with Gasteiger partial charge in [0.25, 0.3) is 0 Å². The Morgan fingerprint density at radius 3 is 2.50 bits per heavy atom. The second-order valence-corrected chi connectivity index (χ2v) is 5.47. The lowest BCUT2D eigenvalue weighted by atomic mass is 10.1. The molecule has 0 aliphatic rings. The molecule has 0 radical (unpaired) electrons. The molecule has 142 valence electrons. The number of phenols is 1. The van der Waals surface area contributed by atoms with E-state index in [9.17, 15) is 13.9 Å². The molecule has 2 aromatic carbocycles. The molecule has 3 N–H and O–H groups in total. The Morgan fingerprint density at radius 2 is 1.92 bits per heavy atom. The SMILES string of the molecule is CN=C(NCc1ccc(O)c(F)c1)NC(C)c1ccc(OC)c(F)c1.I. The zero-order chi connectivity index (χ0) is 18.4. The van der Waals surface area contributed by atoms with E-state index in [1.807, 2.05) is 6.92 Å². The van der Waals surface area contributed by atoms with Crippen molar-refractivity contribution in [3.63, 3.8) is 0 Å². The largest absolute Gasteiger partial charge is 0.505 e. The topological polar surface area (TPSA) is 65.9 Å². The predicted molar refractivity (Wildman–Crippen MR) is 108 cm³/mol. The van der Waals surface area contributed by atoms with Crippen LogP contribution in [-0.4, -0.2) is 25.2 Å². The third-order valence-electron chi connectivity index (χ3n) is 3.72. The molecule has 0 bridgehead atoms. The van der Waals surface area contributed by atoms with E-state index in [0.29, 0.717) is 18.1 Å². The maximum Gasteiger partial charge on any atom is 0.191 e. The van der Waals surface area contributed by atoms with E-state index in [1.54, 1.807) is 25.2 Å². The Bertz CT molecular complexity index is 772. The molecular formula is C18H22F2IN3O2. The van der Waals surface area contributed by atoms with Gasteiger partial charge >= 0.3 is 0 Å². The van der Waals surface area contributed by atoms with Crippen LogP contribution < -0.4 is 15.4 Å². The molecule has 2 aromatic rings. The Morgan fingerprint density at radius 1 is 1.19 bits per heavy atom. The summed E-state index contributed by atoms with van der Waals surface area (Å²) < 4.78 is 32.1. The molecule has 0 fully saturated rings. The van der Waals surface area contributed by atoms with Crippen LogP contribution in [0.15, 0.2) is 41.4 Å². The molecular weight excluding hydrogens is 455 g/mol. The first-order valence-corrected chi connectivity index (χ1v) is 7.72. The standard InChI is InChI=1S/C18H21F2N3O2.HI/c1-11(13-5-7-17(25-3)15(20)9-13)23-18(21-2)22-10-12-4-6-16(24)14(19)8-12;/h4-9,11,24H,10H2,1-3H3,(H2,21,22,23);1H. The summed E-state index contributed by atoms with van der Waals surface area (Å²) in [5.41, 5.74) is 1.39. The Hall–Kier alpha value is -2.10. The highest BCUT2D eigenvalue weighted by molar-refractivity contribution is 14.0. The van der Waals surface area contributed by atoms with Crippen LogP contribution in [0, 0.1) is 11.6 Å². The summed E-state index contributed by atoms with van der Waals surface area (Å²) in [5, 5.41) is 15.4. The summed E-state index contributed by atoms with van der Waals surface area (Å²) in [4.78, 5) is 4.10. The van der Waals surface area contributed by atoms with Gasteiger partial charge in [0, 0.05) is 13.6 Å². The highest BCUT2D eigenvalue weighted by Gasteiger charge is 2.11. The lowest BCUT2D eigenvalue weighted by molar-refractivity contribution is 0.386. The van der Waals surface area contributed by atoms with Crippen molar-refractivity contribution in [1.82, 2.24) is 10.6 Å². The Labute approximate surface area is 168 Å². The van der Waals surface area contributed by atoms with Crippen LogP contribution in [0.5, 0.6) is 11.5 Å². The summed E-state index contributed by atoms with van der Waals surface area (Å²) in [6.07, 6.45) is 0. The first-order chi connectivity index (χ1) is 11.9. The molecule has 5 nitrogen and oxygen atoms in total. The van der Waals surface area contributed by atoms with Gasteiger partial charge in [-0.25, -0.2) is 8.78 Å². The Kier molecular flexibility index (Phi) is 8.56. The van der Waals surface area contributed by atoms with Crippen LogP contribution in [-0.2, 0) is 6.54 Å². The van der Waals surface area contributed by atoms with Crippen LogP contribution >= 0.6 is 24.0 Å². The van der Waals surface area contributed by atoms with Crippen LogP contribution in [0.3, 0.4) is 0 Å². The van der Waals surface area contributed by atoms with Crippen molar-refractivity contribution in [3.05, 3.63) is 59.2 Å². The van der Waals surface area contributed by atoms with Gasteiger partial charge in [-0.2, -0.15) is 0 Å². The van der Waals surface area contributed by atoms with Gasteiger partial charge in [0.2, 0.25) is 0 Å². The zero-order valence-corrected chi connectivity index (χ0v) is 17.0. The highest BCUT2D eigenvalue weighted by Crippen LogP contribution is 2.21. The number of rotatable bonds is 5. The molecule has 2 rings (SSSR count). The van der Waals surface area contributed by atoms with Crippen LogP contribution in [0.25, 0.3) is 0 Å². The number of guanidine groups is 1. The number of nitrogens with zero attached hydrogens (tertiary/aromatic N) is 1. The fourth-order valence-corrected chi connectivity index (χ4v) is 2.28. The summed E-state index contributed by atoms with van der Waals surface area (Å²) in [6, 6.07) is 8.69. The van der Waals surface area contributed by atoms with Gasteiger partial charge in [0.05, 0.1) is 13.2 Å².